The first-order chi connectivity index (χ1) is 12.1. The van der Waals surface area contributed by atoms with Gasteiger partial charge in [-0.05, 0) is 37.3 Å². The van der Waals surface area contributed by atoms with Gasteiger partial charge in [0.2, 0.25) is 0 Å². The standard InChI is InChI=1S/C17H16F4N2OS2/c1-3-23(2)9-22-13-7-16(26)14(8-15(13)25)24-10-4-5-12(18)11(6-10)17(19,20)21/h4-9,25-26H,3H2,1-2H3. The van der Waals surface area contributed by atoms with Gasteiger partial charge in [-0.2, -0.15) is 13.2 Å². The molecule has 0 aliphatic rings. The fourth-order valence-electron chi connectivity index (χ4n) is 1.89. The van der Waals surface area contributed by atoms with E-state index in [-0.39, 0.29) is 11.5 Å². The lowest BCUT2D eigenvalue weighted by molar-refractivity contribution is -0.140. The van der Waals surface area contributed by atoms with Gasteiger partial charge in [0.05, 0.1) is 17.6 Å². The van der Waals surface area contributed by atoms with Crippen LogP contribution in [0.5, 0.6) is 11.5 Å². The van der Waals surface area contributed by atoms with Crippen molar-refractivity contribution in [2.75, 3.05) is 13.6 Å². The van der Waals surface area contributed by atoms with Crippen molar-refractivity contribution in [3.8, 4) is 11.5 Å². The van der Waals surface area contributed by atoms with Crippen molar-refractivity contribution in [1.82, 2.24) is 4.90 Å². The highest BCUT2D eigenvalue weighted by Gasteiger charge is 2.34. The SMILES string of the molecule is CCN(C)C=Nc1cc(S)c(Oc2ccc(F)c(C(F)(F)F)c2)cc1S. The number of hydrogen-bond donors (Lipinski definition) is 2. The third-order valence-corrected chi connectivity index (χ3v) is 4.13. The molecular formula is C17H16F4N2OS2. The molecule has 2 aromatic rings. The number of benzene rings is 2. The maximum atomic E-state index is 13.4. The number of hydrogen-bond acceptors (Lipinski definition) is 4. The molecule has 26 heavy (non-hydrogen) atoms. The molecule has 2 rings (SSSR count). The number of nitrogens with zero attached hydrogens (tertiary/aromatic N) is 2. The van der Waals surface area contributed by atoms with E-state index >= 15 is 0 Å². The normalized spacial score (nSPS) is 11.8. The summed E-state index contributed by atoms with van der Waals surface area (Å²) in [7, 11) is 1.85. The van der Waals surface area contributed by atoms with Crippen molar-refractivity contribution in [2.24, 2.45) is 4.99 Å². The minimum atomic E-state index is -4.81. The van der Waals surface area contributed by atoms with E-state index in [1.54, 1.807) is 12.4 Å². The fourth-order valence-corrected chi connectivity index (χ4v) is 2.36. The van der Waals surface area contributed by atoms with Crippen molar-refractivity contribution < 1.29 is 22.3 Å². The molecule has 0 radical (unpaired) electrons. The van der Waals surface area contributed by atoms with Gasteiger partial charge in [0.1, 0.15) is 17.3 Å². The van der Waals surface area contributed by atoms with Gasteiger partial charge in [0.15, 0.2) is 0 Å². The number of alkyl halides is 3. The van der Waals surface area contributed by atoms with E-state index in [4.69, 9.17) is 4.74 Å². The predicted molar refractivity (Wildman–Crippen MR) is 98.9 cm³/mol. The van der Waals surface area contributed by atoms with Crippen LogP contribution >= 0.6 is 25.3 Å². The number of ether oxygens (including phenoxy) is 1. The Morgan fingerprint density at radius 3 is 2.46 bits per heavy atom. The van der Waals surface area contributed by atoms with Crippen molar-refractivity contribution in [3.63, 3.8) is 0 Å². The second-order valence-electron chi connectivity index (χ2n) is 5.37. The third kappa shape index (κ3) is 5.07. The molecule has 140 valence electrons. The van der Waals surface area contributed by atoms with Crippen LogP contribution in [0.3, 0.4) is 0 Å². The molecular weight excluding hydrogens is 388 g/mol. The van der Waals surface area contributed by atoms with Gasteiger partial charge >= 0.3 is 6.18 Å². The zero-order valence-electron chi connectivity index (χ0n) is 13.9. The van der Waals surface area contributed by atoms with Gasteiger partial charge < -0.3 is 9.64 Å². The quantitative estimate of drug-likeness (QED) is 0.284. The average Bonchev–Trinajstić information content (AvgIpc) is 2.56. The van der Waals surface area contributed by atoms with E-state index in [1.165, 1.54) is 6.07 Å². The molecule has 0 N–H and O–H groups in total. The molecule has 0 saturated carbocycles. The molecule has 0 heterocycles. The summed E-state index contributed by atoms with van der Waals surface area (Å²) in [6.45, 7) is 2.74. The van der Waals surface area contributed by atoms with Crippen LogP contribution in [0.4, 0.5) is 23.2 Å². The lowest BCUT2D eigenvalue weighted by Crippen LogP contribution is -2.14. The summed E-state index contributed by atoms with van der Waals surface area (Å²) in [5.41, 5.74) is -0.869. The maximum Gasteiger partial charge on any atom is 0.419 e. The highest BCUT2D eigenvalue weighted by atomic mass is 32.1. The minimum Gasteiger partial charge on any atom is -0.456 e. The van der Waals surface area contributed by atoms with Gasteiger partial charge in [-0.3, -0.25) is 0 Å². The van der Waals surface area contributed by atoms with Crippen LogP contribution in [-0.4, -0.2) is 24.8 Å². The predicted octanol–water partition coefficient (Wildman–Crippen LogP) is 5.83. The van der Waals surface area contributed by atoms with Gasteiger partial charge in [-0.25, -0.2) is 9.38 Å². The minimum absolute atomic E-state index is 0.163. The van der Waals surface area contributed by atoms with Gasteiger partial charge in [-0.15, -0.1) is 25.3 Å². The van der Waals surface area contributed by atoms with E-state index in [2.05, 4.69) is 30.2 Å². The van der Waals surface area contributed by atoms with E-state index < -0.39 is 17.6 Å². The van der Waals surface area contributed by atoms with Crippen molar-refractivity contribution >= 4 is 37.3 Å². The van der Waals surface area contributed by atoms with Crippen LogP contribution in [0, 0.1) is 5.82 Å². The molecule has 9 heteroatoms. The molecule has 0 aliphatic carbocycles. The first-order valence-corrected chi connectivity index (χ1v) is 8.36. The molecule has 0 atom stereocenters. The Bertz CT molecular complexity index is 825. The van der Waals surface area contributed by atoms with Crippen LogP contribution in [0.2, 0.25) is 0 Å². The van der Waals surface area contributed by atoms with Gasteiger partial charge in [0, 0.05) is 23.4 Å². The Morgan fingerprint density at radius 2 is 1.85 bits per heavy atom. The summed E-state index contributed by atoms with van der Waals surface area (Å²) in [6.07, 6.45) is -3.19. The fraction of sp³-hybridized carbons (Fsp3) is 0.235. The molecule has 0 aliphatic heterocycles. The summed E-state index contributed by atoms with van der Waals surface area (Å²) in [5.74, 6) is -1.35. The Balaban J connectivity index is 2.31. The number of thiol groups is 2. The monoisotopic (exact) mass is 404 g/mol. The first-order valence-electron chi connectivity index (χ1n) is 7.46. The van der Waals surface area contributed by atoms with Crippen LogP contribution in [0.15, 0.2) is 45.1 Å². The van der Waals surface area contributed by atoms with Crippen molar-refractivity contribution in [1.29, 1.82) is 0 Å². The van der Waals surface area contributed by atoms with E-state index in [1.807, 2.05) is 18.9 Å². The third-order valence-electron chi connectivity index (χ3n) is 3.42. The number of rotatable bonds is 5. The Labute approximate surface area is 159 Å². The van der Waals surface area contributed by atoms with E-state index in [9.17, 15) is 17.6 Å². The zero-order valence-corrected chi connectivity index (χ0v) is 15.7. The van der Waals surface area contributed by atoms with E-state index in [0.717, 1.165) is 12.6 Å². The highest BCUT2D eigenvalue weighted by molar-refractivity contribution is 7.81. The Morgan fingerprint density at radius 1 is 1.15 bits per heavy atom. The number of aliphatic imine (C=N–C) groups is 1. The molecule has 0 amide bonds. The van der Waals surface area contributed by atoms with Crippen LogP contribution in [0.1, 0.15) is 12.5 Å². The lowest BCUT2D eigenvalue weighted by Gasteiger charge is -2.13. The Kier molecular flexibility index (Phi) is 6.46. The second kappa shape index (κ2) is 8.22. The number of halogens is 4. The second-order valence-corrected chi connectivity index (χ2v) is 6.33. The summed E-state index contributed by atoms with van der Waals surface area (Å²) >= 11 is 8.58. The van der Waals surface area contributed by atoms with Gasteiger partial charge in [0.25, 0.3) is 0 Å². The summed E-state index contributed by atoms with van der Waals surface area (Å²) in [6, 6.07) is 5.48. The van der Waals surface area contributed by atoms with E-state index in [0.29, 0.717) is 27.6 Å². The highest BCUT2D eigenvalue weighted by Crippen LogP contribution is 2.38. The molecule has 3 nitrogen and oxygen atoms in total. The molecule has 0 saturated heterocycles. The van der Waals surface area contributed by atoms with Crippen molar-refractivity contribution in [3.05, 3.63) is 41.7 Å². The van der Waals surface area contributed by atoms with Crippen molar-refractivity contribution in [2.45, 2.75) is 22.9 Å². The molecule has 2 aromatic carbocycles. The van der Waals surface area contributed by atoms with Crippen LogP contribution < -0.4 is 4.74 Å². The molecule has 0 unspecified atom stereocenters. The topological polar surface area (TPSA) is 24.8 Å². The Hall–Kier alpha value is -1.87. The molecule has 0 spiro atoms. The first kappa shape index (κ1) is 20.4. The smallest absolute Gasteiger partial charge is 0.419 e. The molecule has 0 bridgehead atoms. The largest absolute Gasteiger partial charge is 0.456 e. The van der Waals surface area contributed by atoms with Crippen LogP contribution in [-0.2, 0) is 6.18 Å². The summed E-state index contributed by atoms with van der Waals surface area (Å²) in [4.78, 5) is 6.93. The zero-order chi connectivity index (χ0) is 19.5. The average molecular weight is 404 g/mol. The maximum absolute atomic E-state index is 13.4. The van der Waals surface area contributed by atoms with Crippen LogP contribution in [0.25, 0.3) is 0 Å². The molecule has 0 aromatic heterocycles. The molecule has 0 fully saturated rings. The van der Waals surface area contributed by atoms with Gasteiger partial charge in [-0.1, -0.05) is 0 Å². The lowest BCUT2D eigenvalue weighted by atomic mass is 10.2. The summed E-state index contributed by atoms with van der Waals surface area (Å²) < 4.78 is 57.2. The summed E-state index contributed by atoms with van der Waals surface area (Å²) in [5, 5.41) is 0.